The molecule has 0 radical (unpaired) electrons. The molecule has 0 aliphatic heterocycles. The van der Waals surface area contributed by atoms with E-state index in [1.165, 1.54) is 0 Å². The summed E-state index contributed by atoms with van der Waals surface area (Å²) < 4.78 is 4.45. The Morgan fingerprint density at radius 2 is 1.39 bits per heavy atom. The maximum Gasteiger partial charge on any atom is 0.304 e. The van der Waals surface area contributed by atoms with E-state index in [2.05, 4.69) is 20.7 Å². The largest absolute Gasteiger partial charge is 0.439 e. The quantitative estimate of drug-likeness (QED) is 0.133. The van der Waals surface area contributed by atoms with E-state index in [1.807, 2.05) is 0 Å². The van der Waals surface area contributed by atoms with Gasteiger partial charge in [0.15, 0.2) is 15.1 Å². The number of hydrazine groups is 3. The molecular weight excluding hydrogens is 388 g/mol. The van der Waals surface area contributed by atoms with Gasteiger partial charge in [0.05, 0.1) is 6.54 Å². The number of nitrogens with zero attached hydrogens (tertiary/aromatic N) is 6. The Bertz CT molecular complexity index is 450. The minimum absolute atomic E-state index is 0.0935. The van der Waals surface area contributed by atoms with Crippen LogP contribution in [0.25, 0.3) is 0 Å². The van der Waals surface area contributed by atoms with Gasteiger partial charge in [0.25, 0.3) is 0 Å². The lowest BCUT2D eigenvalue weighted by molar-refractivity contribution is -0.714. The monoisotopic (exact) mass is 402 g/mol. The molecule has 0 aromatic carbocycles. The summed E-state index contributed by atoms with van der Waals surface area (Å²) in [5.74, 6) is -0.750. The molecule has 0 N–H and O–H groups in total. The van der Waals surface area contributed by atoms with Gasteiger partial charge in [-0.2, -0.15) is 0 Å². The van der Waals surface area contributed by atoms with Gasteiger partial charge in [-0.3, -0.25) is 4.79 Å². The molecule has 0 spiro atoms. The fourth-order valence-electron chi connectivity index (χ4n) is 1.28. The smallest absolute Gasteiger partial charge is 0.304 e. The molecule has 15 heteroatoms. The van der Waals surface area contributed by atoms with Gasteiger partial charge in [0.1, 0.15) is 13.1 Å². The van der Waals surface area contributed by atoms with Gasteiger partial charge in [0, 0.05) is 12.3 Å². The standard InChI is InChI=1S/C8H15BrN6O8/c1-8(16)23-7-12(15(21)22)5-4-11(14(19)20)6-10(3-2-9)13(17)18/h2-7H2,1H3. The maximum atomic E-state index is 10.9. The van der Waals surface area contributed by atoms with Crippen molar-refractivity contribution in [2.45, 2.75) is 6.92 Å². The van der Waals surface area contributed by atoms with Gasteiger partial charge >= 0.3 is 5.97 Å². The molecule has 0 fully saturated rings. The molecule has 0 bridgehead atoms. The van der Waals surface area contributed by atoms with Crippen LogP contribution < -0.4 is 0 Å². The minimum Gasteiger partial charge on any atom is -0.439 e. The van der Waals surface area contributed by atoms with Crippen LogP contribution in [0.2, 0.25) is 0 Å². The second-order valence-electron chi connectivity index (χ2n) is 4.00. The lowest BCUT2D eigenvalue weighted by Gasteiger charge is -2.20. The van der Waals surface area contributed by atoms with Gasteiger partial charge in [-0.25, -0.2) is 30.3 Å². The molecule has 0 saturated heterocycles. The Morgan fingerprint density at radius 3 is 1.78 bits per heavy atom. The highest BCUT2D eigenvalue weighted by atomic mass is 79.9. The van der Waals surface area contributed by atoms with Gasteiger partial charge in [-0.1, -0.05) is 20.9 Å². The zero-order chi connectivity index (χ0) is 18.0. The van der Waals surface area contributed by atoms with Crippen LogP contribution in [0.5, 0.6) is 0 Å². The summed E-state index contributed by atoms with van der Waals surface area (Å²) in [7, 11) is 0. The molecule has 0 unspecified atom stereocenters. The third-order valence-corrected chi connectivity index (χ3v) is 2.75. The number of ether oxygens (including phenoxy) is 1. The van der Waals surface area contributed by atoms with Crippen molar-refractivity contribution in [3.8, 4) is 0 Å². The van der Waals surface area contributed by atoms with Crippen molar-refractivity contribution >= 4 is 21.9 Å². The lowest BCUT2D eigenvalue weighted by atomic mass is 10.6. The average molecular weight is 403 g/mol. The minimum atomic E-state index is -0.894. The van der Waals surface area contributed by atoms with E-state index in [-0.39, 0.29) is 11.9 Å². The highest BCUT2D eigenvalue weighted by Gasteiger charge is 2.27. The topological polar surface area (TPSA) is 165 Å². The van der Waals surface area contributed by atoms with E-state index < -0.39 is 47.6 Å². The van der Waals surface area contributed by atoms with E-state index in [0.717, 1.165) is 6.92 Å². The second-order valence-corrected chi connectivity index (χ2v) is 4.79. The Labute approximate surface area is 138 Å². The van der Waals surface area contributed by atoms with Gasteiger partial charge < -0.3 is 4.74 Å². The lowest BCUT2D eigenvalue weighted by Crippen LogP contribution is -2.48. The summed E-state index contributed by atoms with van der Waals surface area (Å²) in [6, 6.07) is 0. The Morgan fingerprint density at radius 1 is 0.957 bits per heavy atom. The van der Waals surface area contributed by atoms with Crippen molar-refractivity contribution in [3.05, 3.63) is 30.3 Å². The molecule has 0 amide bonds. The van der Waals surface area contributed by atoms with E-state index in [1.54, 1.807) is 0 Å². The van der Waals surface area contributed by atoms with Crippen LogP contribution in [-0.4, -0.2) is 74.5 Å². The van der Waals surface area contributed by atoms with Crippen molar-refractivity contribution in [3.63, 3.8) is 0 Å². The molecule has 23 heavy (non-hydrogen) atoms. The van der Waals surface area contributed by atoms with Crippen molar-refractivity contribution in [1.82, 2.24) is 15.0 Å². The van der Waals surface area contributed by atoms with Crippen LogP contribution >= 0.6 is 15.9 Å². The number of alkyl halides is 1. The Kier molecular flexibility index (Phi) is 9.21. The van der Waals surface area contributed by atoms with Crippen molar-refractivity contribution in [1.29, 1.82) is 0 Å². The van der Waals surface area contributed by atoms with E-state index in [0.29, 0.717) is 15.0 Å². The summed E-state index contributed by atoms with van der Waals surface area (Å²) in [6.45, 7) is -1.34. The number of carbonyl (C=O) groups is 1. The molecule has 0 saturated carbocycles. The van der Waals surface area contributed by atoms with Crippen molar-refractivity contribution in [2.24, 2.45) is 0 Å². The molecule has 0 atom stereocenters. The number of halogens is 1. The van der Waals surface area contributed by atoms with Crippen LogP contribution in [0.1, 0.15) is 6.92 Å². The summed E-state index contributed by atoms with van der Waals surface area (Å²) in [6.07, 6.45) is 0. The average Bonchev–Trinajstić information content (AvgIpc) is 2.43. The fourth-order valence-corrected chi connectivity index (χ4v) is 1.69. The third kappa shape index (κ3) is 8.54. The molecule has 0 aliphatic carbocycles. The van der Waals surface area contributed by atoms with E-state index >= 15 is 0 Å². The fraction of sp³-hybridized carbons (Fsp3) is 0.875. The van der Waals surface area contributed by atoms with Crippen molar-refractivity contribution < 1.29 is 24.6 Å². The first-order valence-electron chi connectivity index (χ1n) is 6.06. The van der Waals surface area contributed by atoms with Gasteiger partial charge in [0.2, 0.25) is 13.4 Å². The maximum absolute atomic E-state index is 10.9. The normalized spacial score (nSPS) is 9.83. The van der Waals surface area contributed by atoms with Crippen LogP contribution in [0.3, 0.4) is 0 Å². The number of hydrogen-bond acceptors (Lipinski definition) is 8. The van der Waals surface area contributed by atoms with E-state index in [9.17, 15) is 35.1 Å². The van der Waals surface area contributed by atoms with Crippen LogP contribution in [-0.2, 0) is 9.53 Å². The highest BCUT2D eigenvalue weighted by Crippen LogP contribution is 1.99. The summed E-state index contributed by atoms with van der Waals surface area (Å²) in [5, 5.41) is 31.5. The molecule has 0 aliphatic rings. The van der Waals surface area contributed by atoms with Gasteiger partial charge in [-0.15, -0.1) is 10.0 Å². The van der Waals surface area contributed by atoms with E-state index in [4.69, 9.17) is 0 Å². The number of nitro groups is 3. The Balaban J connectivity index is 4.72. The molecule has 132 valence electrons. The molecular formula is C8H15BrN6O8. The van der Waals surface area contributed by atoms with Gasteiger partial charge in [-0.05, 0) is 0 Å². The SMILES string of the molecule is CC(=O)OCN(CCN(CN(CCBr)[N+](=O)[O-])[N+](=O)[O-])[N+](=O)[O-]. The first-order valence-corrected chi connectivity index (χ1v) is 7.18. The second kappa shape index (κ2) is 10.3. The molecule has 14 nitrogen and oxygen atoms in total. The predicted molar refractivity (Wildman–Crippen MR) is 76.4 cm³/mol. The predicted octanol–water partition coefficient (Wildman–Crippen LogP) is -0.659. The summed E-state index contributed by atoms with van der Waals surface area (Å²) >= 11 is 2.98. The summed E-state index contributed by atoms with van der Waals surface area (Å²) in [4.78, 5) is 43.1. The molecule has 0 aromatic heterocycles. The first-order chi connectivity index (χ1) is 10.7. The third-order valence-electron chi connectivity index (χ3n) is 2.40. The number of carbonyl (C=O) groups excluding carboxylic acids is 1. The number of esters is 1. The summed E-state index contributed by atoms with van der Waals surface area (Å²) in [5.41, 5.74) is 0. The van der Waals surface area contributed by atoms with Crippen LogP contribution in [0, 0.1) is 30.3 Å². The van der Waals surface area contributed by atoms with Crippen LogP contribution in [0.4, 0.5) is 0 Å². The molecule has 0 rings (SSSR count). The molecule has 0 heterocycles. The number of hydrogen-bond donors (Lipinski definition) is 0. The number of rotatable bonds is 12. The molecule has 0 aromatic rings. The Hall–Kier alpha value is -2.45. The van der Waals surface area contributed by atoms with Crippen molar-refractivity contribution in [2.75, 3.05) is 38.4 Å². The highest BCUT2D eigenvalue weighted by molar-refractivity contribution is 9.09. The first kappa shape index (κ1) is 20.6. The van der Waals surface area contributed by atoms with Crippen LogP contribution in [0.15, 0.2) is 0 Å². The zero-order valence-corrected chi connectivity index (χ0v) is 13.7. The zero-order valence-electron chi connectivity index (χ0n) is 12.1.